The number of nitrogens with one attached hydrogen (secondary N) is 1. The normalized spacial score (nSPS) is 17.5. The fourth-order valence-corrected chi connectivity index (χ4v) is 4.52. The Kier molecular flexibility index (Phi) is 7.78. The van der Waals surface area contributed by atoms with Gasteiger partial charge < -0.3 is 10.1 Å². The number of phosphoric ester groups is 1. The Labute approximate surface area is 190 Å². The second-order valence-corrected chi connectivity index (χ2v) is 10.9. The Balaban J connectivity index is 1.68. The Bertz CT molecular complexity index is 927. The van der Waals surface area contributed by atoms with Gasteiger partial charge in [0.25, 0.3) is 0 Å². The van der Waals surface area contributed by atoms with Gasteiger partial charge in [0.1, 0.15) is 5.60 Å². The van der Waals surface area contributed by atoms with Crippen molar-refractivity contribution in [2.24, 2.45) is 0 Å². The SMILES string of the molecule is CC(C)(C)OC(=O)N[C@](C)(CCc1ccccc1)COP1(=O)OCc2ccccc2CO1. The van der Waals surface area contributed by atoms with E-state index in [1.54, 1.807) is 20.8 Å². The van der Waals surface area contributed by atoms with E-state index in [9.17, 15) is 9.36 Å². The van der Waals surface area contributed by atoms with Crippen LogP contribution < -0.4 is 5.32 Å². The number of hydrogen-bond donors (Lipinski definition) is 1. The number of benzene rings is 2. The first-order valence-electron chi connectivity index (χ1n) is 10.7. The quantitative estimate of drug-likeness (QED) is 0.527. The maximum Gasteiger partial charge on any atom is 0.475 e. The van der Waals surface area contributed by atoms with E-state index in [0.717, 1.165) is 16.7 Å². The number of hydrogen-bond acceptors (Lipinski definition) is 6. The number of rotatable bonds is 7. The molecule has 32 heavy (non-hydrogen) atoms. The highest BCUT2D eigenvalue weighted by molar-refractivity contribution is 7.48. The van der Waals surface area contributed by atoms with Gasteiger partial charge in [0.15, 0.2) is 0 Å². The summed E-state index contributed by atoms with van der Waals surface area (Å²) in [6.07, 6.45) is 0.662. The molecule has 1 amide bonds. The van der Waals surface area contributed by atoms with E-state index in [0.29, 0.717) is 12.8 Å². The molecule has 8 heteroatoms. The molecule has 1 heterocycles. The van der Waals surface area contributed by atoms with E-state index in [-0.39, 0.29) is 19.8 Å². The minimum absolute atomic E-state index is 0.0628. The molecule has 0 spiro atoms. The molecule has 3 rings (SSSR count). The molecule has 0 fully saturated rings. The van der Waals surface area contributed by atoms with Crippen LogP contribution in [0.5, 0.6) is 0 Å². The van der Waals surface area contributed by atoms with Gasteiger partial charge in [-0.05, 0) is 57.2 Å². The standard InChI is InChI=1S/C24H32NO6P/c1-23(2,3)31-22(26)25-24(4,15-14-19-10-6-5-7-11-19)18-30-32(27)28-16-20-12-8-9-13-21(20)17-29-32/h5-13H,14-18H2,1-4H3,(H,25,26)/t24-/m1/s1. The van der Waals surface area contributed by atoms with E-state index in [4.69, 9.17) is 18.3 Å². The highest BCUT2D eigenvalue weighted by atomic mass is 31.2. The van der Waals surface area contributed by atoms with Gasteiger partial charge in [0.2, 0.25) is 0 Å². The topological polar surface area (TPSA) is 83.1 Å². The van der Waals surface area contributed by atoms with Crippen LogP contribution in [0.15, 0.2) is 54.6 Å². The van der Waals surface area contributed by atoms with Crippen LogP contribution >= 0.6 is 7.82 Å². The summed E-state index contributed by atoms with van der Waals surface area (Å²) >= 11 is 0. The molecular formula is C24H32NO6P. The molecule has 174 valence electrons. The van der Waals surface area contributed by atoms with Crippen molar-refractivity contribution in [3.63, 3.8) is 0 Å². The lowest BCUT2D eigenvalue weighted by Gasteiger charge is -2.32. The summed E-state index contributed by atoms with van der Waals surface area (Å²) < 4.78 is 35.3. The first kappa shape index (κ1) is 24.5. The summed E-state index contributed by atoms with van der Waals surface area (Å²) in [5.41, 5.74) is 1.44. The average Bonchev–Trinajstić information content (AvgIpc) is 2.90. The number of carbonyl (C=O) groups excluding carboxylic acids is 1. The van der Waals surface area contributed by atoms with Crippen LogP contribution in [-0.2, 0) is 42.5 Å². The van der Waals surface area contributed by atoms with Gasteiger partial charge in [-0.3, -0.25) is 13.6 Å². The van der Waals surface area contributed by atoms with Gasteiger partial charge in [0, 0.05) is 0 Å². The molecule has 7 nitrogen and oxygen atoms in total. The first-order chi connectivity index (χ1) is 15.1. The monoisotopic (exact) mass is 461 g/mol. The highest BCUT2D eigenvalue weighted by Crippen LogP contribution is 2.53. The number of alkyl carbamates (subject to hydrolysis) is 1. The smallest absolute Gasteiger partial charge is 0.444 e. The van der Waals surface area contributed by atoms with Crippen LogP contribution in [0.25, 0.3) is 0 Å². The minimum Gasteiger partial charge on any atom is -0.444 e. The molecule has 1 aliphatic heterocycles. The van der Waals surface area contributed by atoms with Crippen LogP contribution in [0.3, 0.4) is 0 Å². The molecule has 2 aromatic rings. The van der Waals surface area contributed by atoms with Gasteiger partial charge in [-0.25, -0.2) is 9.36 Å². The first-order valence-corrected chi connectivity index (χ1v) is 12.2. The van der Waals surface area contributed by atoms with Gasteiger partial charge in [0.05, 0.1) is 25.4 Å². The number of ether oxygens (including phenoxy) is 1. The molecule has 1 atom stereocenters. The van der Waals surface area contributed by atoms with Crippen molar-refractivity contribution >= 4 is 13.9 Å². The van der Waals surface area contributed by atoms with Gasteiger partial charge in [-0.2, -0.15) is 0 Å². The Morgan fingerprint density at radius 3 is 2.09 bits per heavy atom. The zero-order valence-electron chi connectivity index (χ0n) is 19.1. The predicted octanol–water partition coefficient (Wildman–Crippen LogP) is 5.77. The van der Waals surface area contributed by atoms with Crippen molar-refractivity contribution in [3.8, 4) is 0 Å². The van der Waals surface area contributed by atoms with Crippen molar-refractivity contribution in [2.75, 3.05) is 6.61 Å². The Morgan fingerprint density at radius 2 is 1.53 bits per heavy atom. The van der Waals surface area contributed by atoms with Crippen LogP contribution in [-0.4, -0.2) is 23.8 Å². The number of fused-ring (bicyclic) bond motifs is 1. The number of phosphoric acid groups is 1. The average molecular weight is 461 g/mol. The van der Waals surface area contributed by atoms with Crippen molar-refractivity contribution < 1.29 is 27.7 Å². The van der Waals surface area contributed by atoms with E-state index in [2.05, 4.69) is 5.32 Å². The fourth-order valence-electron chi connectivity index (χ4n) is 3.26. The lowest BCUT2D eigenvalue weighted by Crippen LogP contribution is -2.51. The molecule has 0 bridgehead atoms. The number of amides is 1. The molecule has 0 saturated heterocycles. The van der Waals surface area contributed by atoms with Crippen molar-refractivity contribution in [2.45, 2.75) is 64.9 Å². The molecule has 0 radical (unpaired) electrons. The largest absolute Gasteiger partial charge is 0.475 e. The number of carbonyl (C=O) groups is 1. The zero-order chi connectivity index (χ0) is 23.2. The second kappa shape index (κ2) is 10.2. The second-order valence-electron chi connectivity index (χ2n) is 9.21. The van der Waals surface area contributed by atoms with Gasteiger partial charge in [-0.1, -0.05) is 54.6 Å². The van der Waals surface area contributed by atoms with Crippen molar-refractivity contribution in [1.29, 1.82) is 0 Å². The third-order valence-electron chi connectivity index (χ3n) is 5.03. The maximum absolute atomic E-state index is 13.1. The molecule has 1 N–H and O–H groups in total. The van der Waals surface area contributed by atoms with Gasteiger partial charge in [-0.15, -0.1) is 0 Å². The minimum atomic E-state index is -3.81. The van der Waals surface area contributed by atoms with Crippen LogP contribution in [0.4, 0.5) is 4.79 Å². The zero-order valence-corrected chi connectivity index (χ0v) is 20.0. The summed E-state index contributed by atoms with van der Waals surface area (Å²) in [6, 6.07) is 17.5. The third-order valence-corrected chi connectivity index (χ3v) is 6.36. The van der Waals surface area contributed by atoms with Crippen LogP contribution in [0.2, 0.25) is 0 Å². The van der Waals surface area contributed by atoms with E-state index in [1.165, 1.54) is 0 Å². The molecule has 1 aliphatic rings. The molecule has 0 aliphatic carbocycles. The molecule has 0 aromatic heterocycles. The molecular weight excluding hydrogens is 429 g/mol. The molecule has 0 unspecified atom stereocenters. The third kappa shape index (κ3) is 7.45. The Hall–Kier alpha value is -2.18. The highest BCUT2D eigenvalue weighted by Gasteiger charge is 2.36. The van der Waals surface area contributed by atoms with E-state index >= 15 is 0 Å². The maximum atomic E-state index is 13.1. The lowest BCUT2D eigenvalue weighted by atomic mass is 9.94. The predicted molar refractivity (Wildman–Crippen MR) is 122 cm³/mol. The van der Waals surface area contributed by atoms with E-state index < -0.39 is 25.1 Å². The fraction of sp³-hybridized carbons (Fsp3) is 0.458. The van der Waals surface area contributed by atoms with Crippen LogP contribution in [0.1, 0.15) is 50.8 Å². The summed E-state index contributed by atoms with van der Waals surface area (Å²) in [7, 11) is -3.81. The number of aryl methyl sites for hydroxylation is 1. The Morgan fingerprint density at radius 1 is 0.969 bits per heavy atom. The summed E-state index contributed by atoms with van der Waals surface area (Å²) in [5, 5.41) is 2.89. The summed E-state index contributed by atoms with van der Waals surface area (Å²) in [4.78, 5) is 12.5. The van der Waals surface area contributed by atoms with Crippen molar-refractivity contribution in [3.05, 3.63) is 71.3 Å². The lowest BCUT2D eigenvalue weighted by molar-refractivity contribution is 0.0368. The van der Waals surface area contributed by atoms with Crippen molar-refractivity contribution in [1.82, 2.24) is 5.32 Å². The molecule has 2 aromatic carbocycles. The molecule has 0 saturated carbocycles. The van der Waals surface area contributed by atoms with E-state index in [1.807, 2.05) is 61.5 Å². The summed E-state index contributed by atoms with van der Waals surface area (Å²) in [5.74, 6) is 0. The van der Waals surface area contributed by atoms with Crippen LogP contribution in [0, 0.1) is 0 Å². The summed E-state index contributed by atoms with van der Waals surface area (Å²) in [6.45, 7) is 7.43. The van der Waals surface area contributed by atoms with Gasteiger partial charge >= 0.3 is 13.9 Å².